The van der Waals surface area contributed by atoms with E-state index in [0.29, 0.717) is 6.04 Å². The molecule has 0 bridgehead atoms. The van der Waals surface area contributed by atoms with Crippen molar-refractivity contribution in [3.63, 3.8) is 0 Å². The van der Waals surface area contributed by atoms with Crippen molar-refractivity contribution >= 4 is 5.96 Å². The van der Waals surface area contributed by atoms with Gasteiger partial charge in [-0.3, -0.25) is 9.89 Å². The van der Waals surface area contributed by atoms with Crippen LogP contribution in [0.25, 0.3) is 0 Å². The predicted octanol–water partition coefficient (Wildman–Crippen LogP) is 3.15. The summed E-state index contributed by atoms with van der Waals surface area (Å²) in [5.74, 6) is 1.74. The van der Waals surface area contributed by atoms with Crippen LogP contribution in [-0.4, -0.2) is 43.1 Å². The van der Waals surface area contributed by atoms with Crippen LogP contribution in [0, 0.1) is 11.7 Å². The molecule has 1 aromatic rings. The number of likely N-dealkylation sites (tertiary alicyclic amines) is 1. The van der Waals surface area contributed by atoms with Crippen LogP contribution in [0.3, 0.4) is 0 Å². The van der Waals surface area contributed by atoms with E-state index in [2.05, 4.69) is 22.5 Å². The summed E-state index contributed by atoms with van der Waals surface area (Å²) >= 11 is 0. The van der Waals surface area contributed by atoms with Gasteiger partial charge in [0.15, 0.2) is 5.96 Å². The summed E-state index contributed by atoms with van der Waals surface area (Å²) < 4.78 is 13.0. The van der Waals surface area contributed by atoms with E-state index < -0.39 is 0 Å². The molecule has 138 valence electrons. The van der Waals surface area contributed by atoms with Gasteiger partial charge in [0.05, 0.1) is 0 Å². The maximum atomic E-state index is 13.0. The van der Waals surface area contributed by atoms with Crippen molar-refractivity contribution in [1.29, 1.82) is 0 Å². The number of halogens is 1. The Kier molecular flexibility index (Phi) is 6.68. The fourth-order valence-electron chi connectivity index (χ4n) is 3.36. The lowest BCUT2D eigenvalue weighted by atomic mass is 10.0. The zero-order valence-corrected chi connectivity index (χ0v) is 15.3. The van der Waals surface area contributed by atoms with Gasteiger partial charge >= 0.3 is 0 Å². The van der Waals surface area contributed by atoms with Crippen LogP contribution in [0.2, 0.25) is 0 Å². The van der Waals surface area contributed by atoms with Crippen LogP contribution in [-0.2, 0) is 6.54 Å². The Morgan fingerprint density at radius 1 is 1.16 bits per heavy atom. The summed E-state index contributed by atoms with van der Waals surface area (Å²) in [6.45, 7) is 6.99. The highest BCUT2D eigenvalue weighted by Crippen LogP contribution is 2.32. The van der Waals surface area contributed by atoms with Crippen LogP contribution >= 0.6 is 0 Å². The van der Waals surface area contributed by atoms with E-state index in [1.807, 2.05) is 12.1 Å². The Balaban J connectivity index is 1.41. The molecule has 0 radical (unpaired) electrons. The van der Waals surface area contributed by atoms with Crippen molar-refractivity contribution in [2.75, 3.05) is 26.2 Å². The van der Waals surface area contributed by atoms with Gasteiger partial charge in [0, 0.05) is 38.8 Å². The molecule has 1 heterocycles. The lowest BCUT2D eigenvalue weighted by Crippen LogP contribution is -2.48. The van der Waals surface area contributed by atoms with Crippen molar-refractivity contribution in [3.8, 4) is 0 Å². The largest absolute Gasteiger partial charge is 0.357 e. The fraction of sp³-hybridized carbons (Fsp3) is 0.650. The third-order valence-corrected chi connectivity index (χ3v) is 5.10. The number of piperidine rings is 1. The van der Waals surface area contributed by atoms with E-state index in [0.717, 1.165) is 57.4 Å². The molecule has 3 rings (SSSR count). The first-order chi connectivity index (χ1) is 12.2. The highest BCUT2D eigenvalue weighted by molar-refractivity contribution is 5.80. The number of benzene rings is 1. The van der Waals surface area contributed by atoms with Crippen LogP contribution in [0.4, 0.5) is 4.39 Å². The van der Waals surface area contributed by atoms with Crippen LogP contribution in [0.1, 0.15) is 44.6 Å². The molecule has 0 spiro atoms. The summed E-state index contributed by atoms with van der Waals surface area (Å²) in [5.41, 5.74) is 1.18. The highest BCUT2D eigenvalue weighted by atomic mass is 19.1. The summed E-state index contributed by atoms with van der Waals surface area (Å²) in [6, 6.07) is 7.35. The van der Waals surface area contributed by atoms with E-state index in [9.17, 15) is 4.39 Å². The minimum Gasteiger partial charge on any atom is -0.357 e. The Bertz CT molecular complexity index is 545. The second-order valence-electron chi connectivity index (χ2n) is 7.31. The minimum absolute atomic E-state index is 0.163. The molecule has 2 fully saturated rings. The molecule has 2 N–H and O–H groups in total. The Labute approximate surface area is 150 Å². The zero-order valence-electron chi connectivity index (χ0n) is 15.3. The molecule has 0 atom stereocenters. The van der Waals surface area contributed by atoms with Crippen molar-refractivity contribution in [1.82, 2.24) is 15.5 Å². The van der Waals surface area contributed by atoms with Crippen molar-refractivity contribution < 1.29 is 4.39 Å². The summed E-state index contributed by atoms with van der Waals surface area (Å²) in [7, 11) is 0. The van der Waals surface area contributed by atoms with Crippen LogP contribution in [0.15, 0.2) is 29.3 Å². The predicted molar refractivity (Wildman–Crippen MR) is 101 cm³/mol. The highest BCUT2D eigenvalue weighted by Gasteiger charge is 2.21. The molecule has 1 aliphatic carbocycles. The zero-order chi connectivity index (χ0) is 17.5. The molecule has 1 saturated carbocycles. The summed E-state index contributed by atoms with van der Waals surface area (Å²) in [6.07, 6.45) is 6.26. The van der Waals surface area contributed by atoms with Crippen LogP contribution in [0.5, 0.6) is 0 Å². The second kappa shape index (κ2) is 9.18. The molecule has 5 heteroatoms. The van der Waals surface area contributed by atoms with Crippen molar-refractivity contribution in [3.05, 3.63) is 35.6 Å². The third-order valence-electron chi connectivity index (χ3n) is 5.10. The lowest BCUT2D eigenvalue weighted by molar-refractivity contribution is 0.198. The molecule has 0 unspecified atom stereocenters. The molecule has 25 heavy (non-hydrogen) atoms. The topological polar surface area (TPSA) is 39.7 Å². The molecular weight excluding hydrogens is 315 g/mol. The number of hydrogen-bond donors (Lipinski definition) is 2. The van der Waals surface area contributed by atoms with Crippen molar-refractivity contribution in [2.24, 2.45) is 10.9 Å². The number of aliphatic imine (C=N–C) groups is 1. The van der Waals surface area contributed by atoms with Gasteiger partial charge in [0.2, 0.25) is 0 Å². The van der Waals surface area contributed by atoms with Gasteiger partial charge in [-0.05, 0) is 49.8 Å². The normalized spacial score (nSPS) is 19.8. The maximum Gasteiger partial charge on any atom is 0.191 e. The third kappa shape index (κ3) is 6.31. The first-order valence-electron chi connectivity index (χ1n) is 9.74. The van der Waals surface area contributed by atoms with Gasteiger partial charge in [0.1, 0.15) is 5.82 Å². The van der Waals surface area contributed by atoms with E-state index >= 15 is 0 Å². The minimum atomic E-state index is -0.163. The van der Waals surface area contributed by atoms with E-state index in [1.165, 1.54) is 24.8 Å². The number of rotatable bonds is 7. The van der Waals surface area contributed by atoms with Gasteiger partial charge in [-0.25, -0.2) is 4.39 Å². The van der Waals surface area contributed by atoms with Crippen LogP contribution < -0.4 is 10.6 Å². The first-order valence-corrected chi connectivity index (χ1v) is 9.74. The first kappa shape index (κ1) is 18.2. The second-order valence-corrected chi connectivity index (χ2v) is 7.31. The average Bonchev–Trinajstić information content (AvgIpc) is 3.43. The van der Waals surface area contributed by atoms with E-state index in [-0.39, 0.29) is 5.82 Å². The molecule has 2 aliphatic rings. The molecule has 4 nitrogen and oxygen atoms in total. The number of guanidine groups is 1. The number of nitrogens with one attached hydrogen (secondary N) is 2. The monoisotopic (exact) mass is 346 g/mol. The maximum absolute atomic E-state index is 13.0. The smallest absolute Gasteiger partial charge is 0.191 e. The summed E-state index contributed by atoms with van der Waals surface area (Å²) in [5, 5.41) is 6.98. The van der Waals surface area contributed by atoms with Gasteiger partial charge in [-0.15, -0.1) is 0 Å². The average molecular weight is 346 g/mol. The summed E-state index contributed by atoms with van der Waals surface area (Å²) in [4.78, 5) is 7.18. The number of nitrogens with zero attached hydrogens (tertiary/aromatic N) is 2. The van der Waals surface area contributed by atoms with Gasteiger partial charge in [-0.2, -0.15) is 0 Å². The standard InChI is InChI=1S/C20H31FN4/c1-2-22-20(23-12-9-16-3-4-16)24-19-10-13-25(14-11-19)15-17-5-7-18(21)8-6-17/h5-8,16,19H,2-4,9-15H2,1H3,(H2,22,23,24). The van der Waals surface area contributed by atoms with Gasteiger partial charge in [-0.1, -0.05) is 25.0 Å². The Morgan fingerprint density at radius 2 is 1.88 bits per heavy atom. The molecular formula is C20H31FN4. The quantitative estimate of drug-likeness (QED) is 0.588. The Morgan fingerprint density at radius 3 is 2.52 bits per heavy atom. The molecule has 1 aliphatic heterocycles. The molecule has 1 saturated heterocycles. The Hall–Kier alpha value is -1.62. The lowest BCUT2D eigenvalue weighted by Gasteiger charge is -2.33. The van der Waals surface area contributed by atoms with E-state index in [4.69, 9.17) is 4.99 Å². The molecule has 0 aromatic heterocycles. The van der Waals surface area contributed by atoms with E-state index in [1.54, 1.807) is 12.1 Å². The van der Waals surface area contributed by atoms with Gasteiger partial charge in [0.25, 0.3) is 0 Å². The molecule has 0 amide bonds. The number of hydrogen-bond acceptors (Lipinski definition) is 2. The SMILES string of the molecule is CCNC(=NCCC1CC1)NC1CCN(Cc2ccc(F)cc2)CC1. The molecule has 1 aromatic carbocycles. The fourth-order valence-corrected chi connectivity index (χ4v) is 3.36. The van der Waals surface area contributed by atoms with Gasteiger partial charge < -0.3 is 10.6 Å². The van der Waals surface area contributed by atoms with Crippen molar-refractivity contribution in [2.45, 2.75) is 51.6 Å².